The normalized spacial score (nSPS) is 14.4. The van der Waals surface area contributed by atoms with Gasteiger partial charge in [-0.2, -0.15) is 0 Å². The number of fused-ring (bicyclic) bond motifs is 5. The second-order valence-corrected chi connectivity index (χ2v) is 13.5. The SMILES string of the molecule is c1ccc(C2(c3ccccc3-c3cccc4c3C(c3ccccc3)(c3ccccc3)c3ccccc3O4)c3ccccc3-c3ccccc32)cc1. The van der Waals surface area contributed by atoms with Gasteiger partial charge in [-0.15, -0.1) is 0 Å². The lowest BCUT2D eigenvalue weighted by molar-refractivity contribution is 0.435. The number of ether oxygens (including phenoxy) is 1. The molecule has 10 rings (SSSR count). The molecule has 51 heavy (non-hydrogen) atoms. The van der Waals surface area contributed by atoms with Crippen LogP contribution < -0.4 is 4.74 Å². The molecule has 8 aromatic rings. The van der Waals surface area contributed by atoms with Gasteiger partial charge in [0.1, 0.15) is 11.5 Å². The maximum atomic E-state index is 6.93. The fourth-order valence-electron chi connectivity index (χ4n) is 9.21. The summed E-state index contributed by atoms with van der Waals surface area (Å²) >= 11 is 0. The Kier molecular flexibility index (Phi) is 6.69. The molecular formula is C50H34O. The third kappa shape index (κ3) is 4.09. The Morgan fingerprint density at radius 1 is 0.255 bits per heavy atom. The van der Waals surface area contributed by atoms with Crippen LogP contribution in [0.3, 0.4) is 0 Å². The third-order valence-electron chi connectivity index (χ3n) is 11.1. The zero-order valence-corrected chi connectivity index (χ0v) is 28.0. The molecule has 0 amide bonds. The average Bonchev–Trinajstić information content (AvgIpc) is 3.52. The van der Waals surface area contributed by atoms with E-state index in [9.17, 15) is 0 Å². The standard InChI is InChI=1S/C50H34O/c1-4-19-35(20-5-1)49(36-21-6-2-7-22-36)45-32-16-17-33-46(45)51-47-34-18-28-41(48(47)49)40-27-12-15-31-44(40)50(37-23-8-3-9-24-37)42-29-13-10-25-38(42)39-26-11-14-30-43(39)50/h1-34H. The second-order valence-electron chi connectivity index (χ2n) is 13.5. The highest BCUT2D eigenvalue weighted by Gasteiger charge is 2.50. The Morgan fingerprint density at radius 3 is 1.12 bits per heavy atom. The first-order valence-electron chi connectivity index (χ1n) is 17.7. The summed E-state index contributed by atoms with van der Waals surface area (Å²) < 4.78 is 6.93. The van der Waals surface area contributed by atoms with Gasteiger partial charge in [0.05, 0.1) is 10.8 Å². The molecule has 1 heteroatoms. The highest BCUT2D eigenvalue weighted by atomic mass is 16.5. The van der Waals surface area contributed by atoms with Gasteiger partial charge in [-0.3, -0.25) is 0 Å². The fourth-order valence-corrected chi connectivity index (χ4v) is 9.21. The van der Waals surface area contributed by atoms with Crippen LogP contribution in [0.1, 0.15) is 44.5 Å². The Bertz CT molecular complexity index is 2460. The molecule has 0 saturated carbocycles. The van der Waals surface area contributed by atoms with Crippen molar-refractivity contribution < 1.29 is 4.74 Å². The molecule has 240 valence electrons. The average molecular weight is 651 g/mol. The fraction of sp³-hybridized carbons (Fsp3) is 0.0400. The monoisotopic (exact) mass is 650 g/mol. The largest absolute Gasteiger partial charge is 0.457 e. The van der Waals surface area contributed by atoms with Crippen molar-refractivity contribution in [2.45, 2.75) is 10.8 Å². The van der Waals surface area contributed by atoms with Crippen LogP contribution in [0.5, 0.6) is 11.5 Å². The van der Waals surface area contributed by atoms with Gasteiger partial charge in [0, 0.05) is 11.1 Å². The van der Waals surface area contributed by atoms with E-state index in [1.54, 1.807) is 0 Å². The minimum atomic E-state index is -0.651. The molecule has 1 heterocycles. The molecule has 0 unspecified atom stereocenters. The lowest BCUT2D eigenvalue weighted by Crippen LogP contribution is -2.35. The molecule has 0 spiro atoms. The van der Waals surface area contributed by atoms with Gasteiger partial charge in [0.25, 0.3) is 0 Å². The quantitative estimate of drug-likeness (QED) is 0.180. The number of rotatable bonds is 5. The van der Waals surface area contributed by atoms with E-state index in [2.05, 4.69) is 206 Å². The first-order valence-corrected chi connectivity index (χ1v) is 17.7. The lowest BCUT2D eigenvalue weighted by atomic mass is 9.61. The van der Waals surface area contributed by atoms with Crippen LogP contribution in [0, 0.1) is 0 Å². The van der Waals surface area contributed by atoms with Crippen LogP contribution in [-0.2, 0) is 10.8 Å². The summed E-state index contributed by atoms with van der Waals surface area (Å²) in [6.45, 7) is 0. The van der Waals surface area contributed by atoms with E-state index in [0.717, 1.165) is 28.2 Å². The van der Waals surface area contributed by atoms with Crippen LogP contribution >= 0.6 is 0 Å². The van der Waals surface area contributed by atoms with Crippen molar-refractivity contribution in [1.82, 2.24) is 0 Å². The van der Waals surface area contributed by atoms with E-state index >= 15 is 0 Å². The second kappa shape index (κ2) is 11.6. The third-order valence-corrected chi connectivity index (χ3v) is 11.1. The van der Waals surface area contributed by atoms with Crippen LogP contribution in [0.25, 0.3) is 22.3 Å². The van der Waals surface area contributed by atoms with Crippen LogP contribution in [0.2, 0.25) is 0 Å². The molecule has 8 aromatic carbocycles. The van der Waals surface area contributed by atoms with Gasteiger partial charge < -0.3 is 4.74 Å². The van der Waals surface area contributed by atoms with Crippen molar-refractivity contribution in [2.75, 3.05) is 0 Å². The van der Waals surface area contributed by atoms with Crippen molar-refractivity contribution in [2.24, 2.45) is 0 Å². The minimum Gasteiger partial charge on any atom is -0.457 e. The van der Waals surface area contributed by atoms with E-state index in [4.69, 9.17) is 4.74 Å². The van der Waals surface area contributed by atoms with E-state index < -0.39 is 10.8 Å². The van der Waals surface area contributed by atoms with Gasteiger partial charge in [-0.05, 0) is 67.8 Å². The number of benzene rings is 8. The Balaban J connectivity index is 1.36. The zero-order chi connectivity index (χ0) is 33.8. The molecule has 0 atom stereocenters. The van der Waals surface area contributed by atoms with Crippen LogP contribution in [0.15, 0.2) is 206 Å². The number of hydrogen-bond acceptors (Lipinski definition) is 1. The Labute approximate surface area is 299 Å². The first kappa shape index (κ1) is 29.5. The maximum absolute atomic E-state index is 6.93. The molecule has 0 aromatic heterocycles. The van der Waals surface area contributed by atoms with Crippen molar-refractivity contribution in [3.05, 3.63) is 251 Å². The van der Waals surface area contributed by atoms with Gasteiger partial charge in [-0.1, -0.05) is 194 Å². The molecule has 1 aliphatic heterocycles. The van der Waals surface area contributed by atoms with Gasteiger partial charge in [-0.25, -0.2) is 0 Å². The zero-order valence-electron chi connectivity index (χ0n) is 28.0. The van der Waals surface area contributed by atoms with Gasteiger partial charge in [0.2, 0.25) is 0 Å². The molecule has 1 nitrogen and oxygen atoms in total. The highest BCUT2D eigenvalue weighted by Crippen LogP contribution is 2.61. The van der Waals surface area contributed by atoms with Crippen molar-refractivity contribution in [1.29, 1.82) is 0 Å². The molecule has 0 bridgehead atoms. The summed E-state index contributed by atoms with van der Waals surface area (Å²) in [5, 5.41) is 0. The first-order chi connectivity index (χ1) is 25.3. The predicted octanol–water partition coefficient (Wildman–Crippen LogP) is 12.2. The van der Waals surface area contributed by atoms with Gasteiger partial charge in [0.15, 0.2) is 0 Å². The van der Waals surface area contributed by atoms with E-state index in [0.29, 0.717) is 0 Å². The molecule has 2 aliphatic rings. The number of hydrogen-bond donors (Lipinski definition) is 0. The van der Waals surface area contributed by atoms with E-state index in [-0.39, 0.29) is 0 Å². The molecule has 0 radical (unpaired) electrons. The summed E-state index contributed by atoms with van der Waals surface area (Å²) in [5.41, 5.74) is 13.5. The van der Waals surface area contributed by atoms with Crippen molar-refractivity contribution >= 4 is 0 Å². The molecule has 0 fully saturated rings. The lowest BCUT2D eigenvalue weighted by Gasteiger charge is -2.43. The highest BCUT2D eigenvalue weighted by molar-refractivity contribution is 5.90. The Morgan fingerprint density at radius 2 is 0.608 bits per heavy atom. The maximum Gasteiger partial charge on any atom is 0.132 e. The summed E-state index contributed by atoms with van der Waals surface area (Å²) in [5.74, 6) is 1.75. The predicted molar refractivity (Wildman–Crippen MR) is 208 cm³/mol. The van der Waals surface area contributed by atoms with Crippen LogP contribution in [-0.4, -0.2) is 0 Å². The summed E-state index contributed by atoms with van der Waals surface area (Å²) in [7, 11) is 0. The van der Waals surface area contributed by atoms with Crippen LogP contribution in [0.4, 0.5) is 0 Å². The minimum absolute atomic E-state index is 0.552. The van der Waals surface area contributed by atoms with E-state index in [1.165, 1.54) is 50.1 Å². The summed E-state index contributed by atoms with van der Waals surface area (Å²) in [4.78, 5) is 0. The molecule has 0 N–H and O–H groups in total. The summed E-state index contributed by atoms with van der Waals surface area (Å²) in [6.07, 6.45) is 0. The molecule has 0 saturated heterocycles. The smallest absolute Gasteiger partial charge is 0.132 e. The topological polar surface area (TPSA) is 9.23 Å². The molecule has 1 aliphatic carbocycles. The summed E-state index contributed by atoms with van der Waals surface area (Å²) in [6, 6.07) is 75.2. The van der Waals surface area contributed by atoms with Crippen molar-refractivity contribution in [3.63, 3.8) is 0 Å². The number of para-hydroxylation sites is 1. The van der Waals surface area contributed by atoms with Gasteiger partial charge >= 0.3 is 0 Å². The molecular weight excluding hydrogens is 617 g/mol. The van der Waals surface area contributed by atoms with Crippen molar-refractivity contribution in [3.8, 4) is 33.8 Å². The Hall–Kier alpha value is -6.44. The van der Waals surface area contributed by atoms with E-state index in [1.807, 2.05) is 0 Å².